The summed E-state index contributed by atoms with van der Waals surface area (Å²) in [5.74, 6) is 0. The van der Waals surface area contributed by atoms with Gasteiger partial charge < -0.3 is 4.74 Å². The maximum Gasteiger partial charge on any atom is 0.345 e. The van der Waals surface area contributed by atoms with Gasteiger partial charge in [0, 0.05) is 0 Å². The van der Waals surface area contributed by atoms with E-state index in [1.807, 2.05) is 0 Å². The smallest absolute Gasteiger partial charge is 0.316 e. The van der Waals surface area contributed by atoms with E-state index in [9.17, 15) is 13.6 Å². The molecule has 0 aliphatic rings. The molecule has 0 radical (unpaired) electrons. The summed E-state index contributed by atoms with van der Waals surface area (Å²) in [6.07, 6.45) is 0.348. The third-order valence-corrected chi connectivity index (χ3v) is 1.04. The van der Waals surface area contributed by atoms with E-state index in [4.69, 9.17) is 0 Å². The van der Waals surface area contributed by atoms with Gasteiger partial charge in [-0.15, -0.1) is 0 Å². The third-order valence-electron chi connectivity index (χ3n) is 1.04. The number of carbonyl (C=O) groups excluding carboxylic acids is 1. The Balaban J connectivity index is 2.56. The zero-order valence-corrected chi connectivity index (χ0v) is 5.74. The first-order valence-electron chi connectivity index (χ1n) is 2.90. The highest BCUT2D eigenvalue weighted by molar-refractivity contribution is 5.72. The summed E-state index contributed by atoms with van der Waals surface area (Å²) < 4.78 is 30.9. The van der Waals surface area contributed by atoms with Crippen molar-refractivity contribution in [2.75, 3.05) is 0 Å². The monoisotopic (exact) mass is 178 g/mol. The molecule has 1 rings (SSSR count). The van der Waals surface area contributed by atoms with E-state index in [0.717, 1.165) is 0 Å². The molecule has 0 saturated heterocycles. The van der Waals surface area contributed by atoms with Crippen molar-refractivity contribution in [3.05, 3.63) is 11.4 Å². The fourth-order valence-electron chi connectivity index (χ4n) is 0.545. The van der Waals surface area contributed by atoms with Crippen LogP contribution < -0.4 is 0 Å². The minimum atomic E-state index is -2.90. The molecule has 0 N–H and O–H groups in total. The Hall–Kier alpha value is -1.37. The van der Waals surface area contributed by atoms with Crippen LogP contribution in [-0.2, 0) is 11.3 Å². The van der Waals surface area contributed by atoms with Crippen molar-refractivity contribution < 1.29 is 22.9 Å². The molecule has 0 aliphatic carbocycles. The van der Waals surface area contributed by atoms with Crippen LogP contribution in [0.25, 0.3) is 0 Å². The minimum Gasteiger partial charge on any atom is -0.316 e. The Labute approximate surface area is 65.3 Å². The first-order valence-corrected chi connectivity index (χ1v) is 2.90. The van der Waals surface area contributed by atoms with Gasteiger partial charge >= 0.3 is 6.61 Å². The van der Waals surface area contributed by atoms with Gasteiger partial charge in [0.15, 0.2) is 12.0 Å². The molecule has 7 heteroatoms. The van der Waals surface area contributed by atoms with Crippen molar-refractivity contribution in [2.24, 2.45) is 0 Å². The van der Waals surface area contributed by atoms with Crippen LogP contribution in [0.15, 0.2) is 4.63 Å². The van der Waals surface area contributed by atoms with Crippen LogP contribution in [0.2, 0.25) is 0 Å². The lowest BCUT2D eigenvalue weighted by Gasteiger charge is -1.96. The van der Waals surface area contributed by atoms with Crippen molar-refractivity contribution in [3.8, 4) is 0 Å². The number of halogens is 2. The lowest BCUT2D eigenvalue weighted by molar-refractivity contribution is -0.138. The fourth-order valence-corrected chi connectivity index (χ4v) is 0.545. The van der Waals surface area contributed by atoms with Gasteiger partial charge in [0.25, 0.3) is 0 Å². The highest BCUT2D eigenvalue weighted by Gasteiger charge is 2.11. The highest BCUT2D eigenvalue weighted by atomic mass is 19.3. The summed E-state index contributed by atoms with van der Waals surface area (Å²) in [7, 11) is 0. The molecule has 1 heterocycles. The molecular weight excluding hydrogens is 174 g/mol. The molecule has 5 nitrogen and oxygen atoms in total. The highest BCUT2D eigenvalue weighted by Crippen LogP contribution is 2.04. The summed E-state index contributed by atoms with van der Waals surface area (Å²) >= 11 is 0. The van der Waals surface area contributed by atoms with Crippen molar-refractivity contribution in [3.63, 3.8) is 0 Å². The van der Waals surface area contributed by atoms with E-state index < -0.39 is 13.2 Å². The van der Waals surface area contributed by atoms with Crippen LogP contribution in [0.5, 0.6) is 0 Å². The van der Waals surface area contributed by atoms with Crippen molar-refractivity contribution in [1.82, 2.24) is 10.3 Å². The molecule has 0 bridgehead atoms. The number of ether oxygens (including phenoxy) is 1. The molecule has 0 spiro atoms. The Bertz CT molecular complexity index is 263. The van der Waals surface area contributed by atoms with E-state index in [2.05, 4.69) is 19.7 Å². The lowest BCUT2D eigenvalue weighted by atomic mass is 10.4. The van der Waals surface area contributed by atoms with Crippen LogP contribution >= 0.6 is 0 Å². The molecule has 0 unspecified atom stereocenters. The molecule has 0 atom stereocenters. The van der Waals surface area contributed by atoms with Gasteiger partial charge in [-0.25, -0.2) is 4.63 Å². The molecule has 12 heavy (non-hydrogen) atoms. The Morgan fingerprint density at radius 3 is 2.92 bits per heavy atom. The Kier molecular flexibility index (Phi) is 2.81. The SMILES string of the molecule is O=Cc1nonc1COC(F)F. The molecule has 1 aromatic rings. The van der Waals surface area contributed by atoms with Crippen molar-refractivity contribution in [2.45, 2.75) is 13.2 Å². The number of nitrogens with zero attached hydrogens (tertiary/aromatic N) is 2. The maximum atomic E-state index is 11.5. The van der Waals surface area contributed by atoms with E-state index in [-0.39, 0.29) is 11.4 Å². The van der Waals surface area contributed by atoms with Crippen molar-refractivity contribution in [1.29, 1.82) is 0 Å². The quantitative estimate of drug-likeness (QED) is 0.632. The third kappa shape index (κ3) is 2.06. The molecule has 0 amide bonds. The van der Waals surface area contributed by atoms with E-state index in [1.54, 1.807) is 0 Å². The molecule has 1 aromatic heterocycles. The van der Waals surface area contributed by atoms with Crippen LogP contribution in [0.1, 0.15) is 16.2 Å². The Morgan fingerprint density at radius 1 is 1.58 bits per heavy atom. The largest absolute Gasteiger partial charge is 0.345 e. The van der Waals surface area contributed by atoms with Gasteiger partial charge in [-0.1, -0.05) is 5.16 Å². The number of hydrogen-bond acceptors (Lipinski definition) is 5. The summed E-state index contributed by atoms with van der Waals surface area (Å²) in [4.78, 5) is 10.1. The first-order chi connectivity index (χ1) is 5.74. The second-order valence-electron chi connectivity index (χ2n) is 1.79. The maximum absolute atomic E-state index is 11.5. The van der Waals surface area contributed by atoms with Gasteiger partial charge in [-0.3, -0.25) is 4.79 Å². The molecule has 0 aromatic carbocycles. The topological polar surface area (TPSA) is 65.2 Å². The van der Waals surface area contributed by atoms with Gasteiger partial charge in [0.2, 0.25) is 0 Å². The minimum absolute atomic E-state index is 0.0368. The van der Waals surface area contributed by atoms with Crippen LogP contribution in [0.4, 0.5) is 8.78 Å². The molecule has 0 saturated carbocycles. The second-order valence-corrected chi connectivity index (χ2v) is 1.79. The van der Waals surface area contributed by atoms with Gasteiger partial charge in [0.1, 0.15) is 12.3 Å². The summed E-state index contributed by atoms with van der Waals surface area (Å²) in [6.45, 7) is -3.39. The number of aromatic nitrogens is 2. The molecular formula is C5H4F2N2O3. The zero-order chi connectivity index (χ0) is 8.97. The number of hydrogen-bond donors (Lipinski definition) is 0. The summed E-state index contributed by atoms with van der Waals surface area (Å²) in [5, 5.41) is 6.32. The molecule has 0 fully saturated rings. The normalized spacial score (nSPS) is 10.6. The average molecular weight is 178 g/mol. The number of carbonyl (C=O) groups is 1. The predicted molar refractivity (Wildman–Crippen MR) is 30.5 cm³/mol. The van der Waals surface area contributed by atoms with Crippen LogP contribution in [0, 0.1) is 0 Å². The fraction of sp³-hybridized carbons (Fsp3) is 0.400. The standard InChI is InChI=1S/C5H4F2N2O3/c6-5(7)11-2-4-3(1-10)8-12-9-4/h1,5H,2H2. The van der Waals surface area contributed by atoms with Gasteiger partial charge in [-0.05, 0) is 5.16 Å². The summed E-state index contributed by atoms with van der Waals surface area (Å²) in [5.41, 5.74) is -0.166. The van der Waals surface area contributed by atoms with Crippen molar-refractivity contribution >= 4 is 6.29 Å². The number of aldehydes is 1. The molecule has 0 aliphatic heterocycles. The van der Waals surface area contributed by atoms with Gasteiger partial charge in [0.05, 0.1) is 0 Å². The number of rotatable bonds is 4. The van der Waals surface area contributed by atoms with E-state index in [1.165, 1.54) is 0 Å². The van der Waals surface area contributed by atoms with Crippen LogP contribution in [-0.4, -0.2) is 23.2 Å². The van der Waals surface area contributed by atoms with E-state index in [0.29, 0.717) is 6.29 Å². The lowest BCUT2D eigenvalue weighted by Crippen LogP contribution is -2.01. The van der Waals surface area contributed by atoms with E-state index >= 15 is 0 Å². The predicted octanol–water partition coefficient (Wildman–Crippen LogP) is 0.621. The zero-order valence-electron chi connectivity index (χ0n) is 5.74. The van der Waals surface area contributed by atoms with Gasteiger partial charge in [-0.2, -0.15) is 8.78 Å². The second kappa shape index (κ2) is 3.86. The Morgan fingerprint density at radius 2 is 2.33 bits per heavy atom. The average Bonchev–Trinajstić information content (AvgIpc) is 2.47. The van der Waals surface area contributed by atoms with Crippen LogP contribution in [0.3, 0.4) is 0 Å². The first kappa shape index (κ1) is 8.72. The molecule has 66 valence electrons. The summed E-state index contributed by atoms with van der Waals surface area (Å²) in [6, 6.07) is 0. The number of alkyl halides is 2.